The lowest BCUT2D eigenvalue weighted by molar-refractivity contribution is -0.139. The number of amides is 2. The molecule has 1 aliphatic heterocycles. The second-order valence-corrected chi connectivity index (χ2v) is 6.41. The Hall–Kier alpha value is -2.78. The predicted octanol–water partition coefficient (Wildman–Crippen LogP) is 4.87. The van der Waals surface area contributed by atoms with Crippen LogP contribution in [0.3, 0.4) is 0 Å². The normalized spacial score (nSPS) is 16.7. The van der Waals surface area contributed by atoms with Crippen molar-refractivity contribution in [3.05, 3.63) is 59.4 Å². The Kier molecular flexibility index (Phi) is 5.22. The number of rotatable bonds is 2. The predicted molar refractivity (Wildman–Crippen MR) is 88.2 cm³/mol. The van der Waals surface area contributed by atoms with Crippen molar-refractivity contribution in [2.75, 3.05) is 18.4 Å². The van der Waals surface area contributed by atoms with Gasteiger partial charge in [0.1, 0.15) is 17.3 Å². The molecule has 1 saturated heterocycles. The molecule has 2 amide bonds. The minimum absolute atomic E-state index is 0.0680. The minimum Gasteiger partial charge on any atom is -0.324 e. The highest BCUT2D eigenvalue weighted by Gasteiger charge is 2.41. The Morgan fingerprint density at radius 3 is 2.36 bits per heavy atom. The maximum Gasteiger partial charge on any atom is 0.419 e. The number of pyridine rings is 1. The van der Waals surface area contributed by atoms with E-state index in [0.717, 1.165) is 12.1 Å². The van der Waals surface area contributed by atoms with Gasteiger partial charge in [-0.1, -0.05) is 0 Å². The molecule has 150 valence electrons. The van der Waals surface area contributed by atoms with Crippen LogP contribution in [-0.2, 0) is 11.8 Å². The Morgan fingerprint density at radius 2 is 1.79 bits per heavy atom. The monoisotopic (exact) mass is 403 g/mol. The van der Waals surface area contributed by atoms with E-state index in [-0.39, 0.29) is 37.3 Å². The summed E-state index contributed by atoms with van der Waals surface area (Å²) < 4.78 is 80.1. The number of nitrogens with one attached hydrogen (secondary N) is 1. The molecular formula is C18H15F6N3O. The molecule has 0 spiro atoms. The van der Waals surface area contributed by atoms with Crippen LogP contribution in [0.15, 0.2) is 36.5 Å². The van der Waals surface area contributed by atoms with Crippen molar-refractivity contribution < 1.29 is 31.1 Å². The number of benzene rings is 1. The first-order chi connectivity index (χ1) is 13.1. The van der Waals surface area contributed by atoms with Crippen LogP contribution in [0.2, 0.25) is 0 Å². The number of likely N-dealkylation sites (tertiary alicyclic amines) is 1. The molecule has 10 heteroatoms. The lowest BCUT2D eigenvalue weighted by Gasteiger charge is -2.36. The van der Waals surface area contributed by atoms with Crippen molar-refractivity contribution in [2.45, 2.75) is 24.7 Å². The number of hydrogen-bond donors (Lipinski definition) is 1. The highest BCUT2D eigenvalue weighted by atomic mass is 19.4. The first kappa shape index (κ1) is 20.0. The Labute approximate surface area is 156 Å². The molecule has 0 bridgehead atoms. The Bertz CT molecular complexity index is 878. The molecule has 0 atom stereocenters. The molecule has 1 N–H and O–H groups in total. The third-order valence-electron chi connectivity index (χ3n) is 4.55. The molecule has 3 rings (SSSR count). The highest BCUT2D eigenvalue weighted by Crippen LogP contribution is 2.37. The second kappa shape index (κ2) is 7.33. The summed E-state index contributed by atoms with van der Waals surface area (Å²) in [6.07, 6.45) is -3.96. The fourth-order valence-corrected chi connectivity index (χ4v) is 3.04. The van der Waals surface area contributed by atoms with Gasteiger partial charge in [-0.15, -0.1) is 0 Å². The van der Waals surface area contributed by atoms with Gasteiger partial charge >= 0.3 is 12.2 Å². The molecular weight excluding hydrogens is 388 g/mol. The van der Waals surface area contributed by atoms with Gasteiger partial charge in [-0.05, 0) is 30.3 Å². The molecule has 4 nitrogen and oxygen atoms in total. The van der Waals surface area contributed by atoms with Gasteiger partial charge in [-0.3, -0.25) is 4.98 Å². The summed E-state index contributed by atoms with van der Waals surface area (Å²) in [5, 5.41) is 2.28. The van der Waals surface area contributed by atoms with Gasteiger partial charge in [0.05, 0.1) is 5.56 Å². The van der Waals surface area contributed by atoms with E-state index >= 15 is 4.39 Å². The molecule has 1 fully saturated rings. The van der Waals surface area contributed by atoms with Crippen molar-refractivity contribution >= 4 is 11.7 Å². The van der Waals surface area contributed by atoms with Gasteiger partial charge in [0, 0.05) is 37.8 Å². The van der Waals surface area contributed by atoms with Crippen LogP contribution in [0.5, 0.6) is 0 Å². The number of nitrogens with zero attached hydrogens (tertiary/aromatic N) is 2. The van der Waals surface area contributed by atoms with Crippen LogP contribution in [0, 0.1) is 11.6 Å². The summed E-state index contributed by atoms with van der Waals surface area (Å²) in [5.41, 5.74) is -3.95. The number of carbonyl (C=O) groups excluding carboxylic acids is 1. The maximum atomic E-state index is 15.0. The minimum atomic E-state index is -4.84. The zero-order valence-corrected chi connectivity index (χ0v) is 14.4. The number of aromatic nitrogens is 1. The van der Waals surface area contributed by atoms with E-state index in [9.17, 15) is 26.7 Å². The lowest BCUT2D eigenvalue weighted by Crippen LogP contribution is -2.45. The van der Waals surface area contributed by atoms with E-state index in [2.05, 4.69) is 10.3 Å². The molecule has 0 radical (unpaired) electrons. The molecule has 2 aromatic rings. The van der Waals surface area contributed by atoms with E-state index in [1.807, 2.05) is 0 Å². The molecule has 28 heavy (non-hydrogen) atoms. The highest BCUT2D eigenvalue weighted by molar-refractivity contribution is 5.89. The summed E-state index contributed by atoms with van der Waals surface area (Å²) in [6.45, 7) is -0.136. The number of alkyl halides is 4. The number of halogens is 6. The van der Waals surface area contributed by atoms with Crippen molar-refractivity contribution in [1.29, 1.82) is 0 Å². The van der Waals surface area contributed by atoms with Crippen molar-refractivity contribution in [2.24, 2.45) is 0 Å². The lowest BCUT2D eigenvalue weighted by atomic mass is 9.89. The molecule has 0 unspecified atom stereocenters. The van der Waals surface area contributed by atoms with Gasteiger partial charge < -0.3 is 10.2 Å². The SMILES string of the molecule is O=C(Nc1ccc(C(F)(F)F)c(F)c1)N1CCC(F)(c2ncccc2F)CC1. The topological polar surface area (TPSA) is 45.2 Å². The standard InChI is InChI=1S/C18H15F6N3O/c19-13-2-1-7-25-15(13)17(21)5-8-27(9-6-17)16(28)26-11-3-4-12(14(20)10-11)18(22,23)24/h1-4,7,10H,5-6,8-9H2,(H,26,28). The quantitative estimate of drug-likeness (QED) is 0.728. The van der Waals surface area contributed by atoms with Gasteiger partial charge in [0.15, 0.2) is 5.67 Å². The maximum absolute atomic E-state index is 15.0. The molecule has 1 aromatic carbocycles. The van der Waals surface area contributed by atoms with Crippen LogP contribution in [0.1, 0.15) is 24.1 Å². The smallest absolute Gasteiger partial charge is 0.324 e. The third kappa shape index (κ3) is 4.05. The number of piperidine rings is 1. The number of hydrogen-bond acceptors (Lipinski definition) is 2. The molecule has 1 aromatic heterocycles. The molecule has 1 aliphatic rings. The van der Waals surface area contributed by atoms with E-state index in [4.69, 9.17) is 0 Å². The van der Waals surface area contributed by atoms with Gasteiger partial charge in [-0.2, -0.15) is 13.2 Å². The van der Waals surface area contributed by atoms with Crippen molar-refractivity contribution in [3.8, 4) is 0 Å². The third-order valence-corrected chi connectivity index (χ3v) is 4.55. The summed E-state index contributed by atoms with van der Waals surface area (Å²) in [7, 11) is 0. The van der Waals surface area contributed by atoms with Crippen LogP contribution < -0.4 is 5.32 Å². The fourth-order valence-electron chi connectivity index (χ4n) is 3.04. The van der Waals surface area contributed by atoms with E-state index in [0.29, 0.717) is 12.1 Å². The molecule has 0 aliphatic carbocycles. The summed E-state index contributed by atoms with van der Waals surface area (Å²) in [6, 6.07) is 3.74. The number of urea groups is 1. The van der Waals surface area contributed by atoms with E-state index in [1.54, 1.807) is 0 Å². The zero-order chi connectivity index (χ0) is 20.5. The van der Waals surface area contributed by atoms with Gasteiger partial charge in [0.2, 0.25) is 0 Å². The van der Waals surface area contributed by atoms with Gasteiger partial charge in [0.25, 0.3) is 0 Å². The first-order valence-corrected chi connectivity index (χ1v) is 8.33. The average Bonchev–Trinajstić information content (AvgIpc) is 2.61. The van der Waals surface area contributed by atoms with Crippen LogP contribution in [0.25, 0.3) is 0 Å². The Balaban J connectivity index is 1.65. The largest absolute Gasteiger partial charge is 0.419 e. The molecule has 0 saturated carbocycles. The number of carbonyl (C=O) groups is 1. The fraction of sp³-hybridized carbons (Fsp3) is 0.333. The summed E-state index contributed by atoms with van der Waals surface area (Å²) in [5.74, 6) is -2.29. The van der Waals surface area contributed by atoms with Crippen LogP contribution in [0.4, 0.5) is 36.8 Å². The Morgan fingerprint density at radius 1 is 1.11 bits per heavy atom. The van der Waals surface area contributed by atoms with Gasteiger partial charge in [-0.25, -0.2) is 18.0 Å². The summed E-state index contributed by atoms with van der Waals surface area (Å²) in [4.78, 5) is 17.2. The molecule has 2 heterocycles. The van der Waals surface area contributed by atoms with Crippen LogP contribution in [-0.4, -0.2) is 29.0 Å². The average molecular weight is 403 g/mol. The zero-order valence-electron chi connectivity index (χ0n) is 14.4. The summed E-state index contributed by atoms with van der Waals surface area (Å²) >= 11 is 0. The van der Waals surface area contributed by atoms with Crippen molar-refractivity contribution in [1.82, 2.24) is 9.88 Å². The first-order valence-electron chi connectivity index (χ1n) is 8.33. The van der Waals surface area contributed by atoms with E-state index < -0.39 is 35.1 Å². The van der Waals surface area contributed by atoms with Crippen molar-refractivity contribution in [3.63, 3.8) is 0 Å². The second-order valence-electron chi connectivity index (χ2n) is 6.41. The number of anilines is 1. The van der Waals surface area contributed by atoms with Crippen LogP contribution >= 0.6 is 0 Å². The van der Waals surface area contributed by atoms with E-state index in [1.165, 1.54) is 17.2 Å².